The molecule has 10 nitrogen and oxygen atoms in total. The zero-order valence-electron chi connectivity index (χ0n) is 31.4. The molecule has 2 N–H and O–H groups in total. The van der Waals surface area contributed by atoms with Gasteiger partial charge in [-0.05, 0) is 56.4 Å². The Bertz CT molecular complexity index is 1440. The molecule has 0 aromatic heterocycles. The Labute approximate surface area is 312 Å². The highest BCUT2D eigenvalue weighted by molar-refractivity contribution is 9.09. The summed E-state index contributed by atoms with van der Waals surface area (Å²) < 4.78 is 13.0. The average Bonchev–Trinajstić information content (AvgIpc) is 3.65. The molecule has 1 spiro atoms. The lowest BCUT2D eigenvalue weighted by Crippen LogP contribution is -2.62. The van der Waals surface area contributed by atoms with E-state index in [0.717, 1.165) is 0 Å². The van der Waals surface area contributed by atoms with Gasteiger partial charge < -0.3 is 29.7 Å². The quantitative estimate of drug-likeness (QED) is 0.118. The number of allylic oxidation sites excluding steroid dienone is 1. The molecule has 0 radical (unpaired) electrons. The molecular weight excluding hydrogens is 714 g/mol. The van der Waals surface area contributed by atoms with Gasteiger partial charge in [-0.25, -0.2) is 0 Å². The number of esters is 1. The Morgan fingerprint density at radius 1 is 1.16 bits per heavy atom. The summed E-state index contributed by atoms with van der Waals surface area (Å²) in [6.45, 7) is 22.0. The summed E-state index contributed by atoms with van der Waals surface area (Å²) in [6, 6.07) is 7.40. The lowest BCUT2D eigenvalue weighted by molar-refractivity contribution is -0.161. The fourth-order valence-electron chi connectivity index (χ4n) is 8.78. The van der Waals surface area contributed by atoms with Crippen LogP contribution in [0.25, 0.3) is 0 Å². The van der Waals surface area contributed by atoms with Gasteiger partial charge in [0.1, 0.15) is 17.7 Å². The van der Waals surface area contributed by atoms with Gasteiger partial charge in [0.15, 0.2) is 0 Å². The number of ether oxygens (including phenoxy) is 2. The molecule has 3 saturated heterocycles. The van der Waals surface area contributed by atoms with E-state index in [1.54, 1.807) is 17.1 Å². The average molecular weight is 773 g/mol. The number of halogens is 1. The van der Waals surface area contributed by atoms with Gasteiger partial charge in [-0.1, -0.05) is 93.0 Å². The Balaban J connectivity index is 1.77. The van der Waals surface area contributed by atoms with Gasteiger partial charge >= 0.3 is 5.97 Å². The second-order valence-corrected chi connectivity index (χ2v) is 17.8. The number of carbonyl (C=O) groups excluding carboxylic acids is 4. The Morgan fingerprint density at radius 3 is 2.39 bits per heavy atom. The first kappa shape index (κ1) is 40.7. The standard InChI is InChI=1S/C40H58BrN3O7/c1-10-12-18-30(46)42-22-29(26-16-14-13-15-17-26)50-37(49)31-32-35(47)44(27(23-45)20-25(3)4)34(40(32)21-28(41)33(31)51-40)36(48)43(19-11-2)39(8,9)24-38(5,6)7/h10-11,13-17,25,27-29,31-34,45H,1-2,12,18-24H2,3-9H3,(H,42,46)/t27-,28?,29-,31+,32-,33+,34+,40-/m1/s1. The van der Waals surface area contributed by atoms with E-state index in [4.69, 9.17) is 9.47 Å². The molecule has 0 aliphatic carbocycles. The van der Waals surface area contributed by atoms with E-state index in [-0.39, 0.29) is 54.1 Å². The van der Waals surface area contributed by atoms with Crippen LogP contribution in [0.1, 0.15) is 92.2 Å². The largest absolute Gasteiger partial charge is 0.455 e. The van der Waals surface area contributed by atoms with E-state index in [9.17, 15) is 19.5 Å². The maximum Gasteiger partial charge on any atom is 0.313 e. The summed E-state index contributed by atoms with van der Waals surface area (Å²) >= 11 is 3.76. The van der Waals surface area contributed by atoms with Crippen molar-refractivity contribution in [2.24, 2.45) is 23.2 Å². The molecule has 1 unspecified atom stereocenters. The van der Waals surface area contributed by atoms with Gasteiger partial charge in [0.05, 0.1) is 37.1 Å². The molecule has 11 heteroatoms. The van der Waals surface area contributed by atoms with Crippen LogP contribution in [0.3, 0.4) is 0 Å². The molecule has 1 aromatic rings. The molecule has 282 valence electrons. The number of hydrogen-bond acceptors (Lipinski definition) is 7. The third-order valence-corrected chi connectivity index (χ3v) is 11.2. The number of nitrogens with zero attached hydrogens (tertiary/aromatic N) is 2. The van der Waals surface area contributed by atoms with Gasteiger partial charge in [0.25, 0.3) is 0 Å². The fraction of sp³-hybridized carbons (Fsp3) is 0.650. The van der Waals surface area contributed by atoms with E-state index in [1.165, 1.54) is 4.90 Å². The van der Waals surface area contributed by atoms with E-state index < -0.39 is 59.1 Å². The molecule has 3 heterocycles. The molecule has 1 aromatic carbocycles. The van der Waals surface area contributed by atoms with Crippen molar-refractivity contribution in [1.82, 2.24) is 15.1 Å². The zero-order valence-corrected chi connectivity index (χ0v) is 33.0. The summed E-state index contributed by atoms with van der Waals surface area (Å²) in [5.41, 5.74) is -1.38. The van der Waals surface area contributed by atoms with Gasteiger partial charge in [-0.3, -0.25) is 19.2 Å². The van der Waals surface area contributed by atoms with Crippen LogP contribution in [0.2, 0.25) is 0 Å². The number of fused-ring (bicyclic) bond motifs is 1. The van der Waals surface area contributed by atoms with E-state index >= 15 is 4.79 Å². The number of hydrogen-bond donors (Lipinski definition) is 2. The number of rotatable bonds is 17. The maximum absolute atomic E-state index is 15.2. The fourth-order valence-corrected chi connectivity index (χ4v) is 9.72. The lowest BCUT2D eigenvalue weighted by atomic mass is 9.70. The maximum atomic E-state index is 15.2. The highest BCUT2D eigenvalue weighted by Gasteiger charge is 2.78. The SMILES string of the molecule is C=CCCC(=O)NC[C@@H](OC(=O)[C@@H]1[C@H]2O[C@@]3(CC2Br)[C@H](C(=O)N(CC=C)C(C)(C)CC(C)(C)C)N([C@@H](CO)CC(C)C)C(=O)[C@@H]13)c1ccccc1. The van der Waals surface area contributed by atoms with Crippen molar-refractivity contribution in [2.75, 3.05) is 19.7 Å². The van der Waals surface area contributed by atoms with Crippen molar-refractivity contribution in [3.63, 3.8) is 0 Å². The molecule has 3 amide bonds. The summed E-state index contributed by atoms with van der Waals surface area (Å²) in [4.78, 5) is 60.0. The van der Waals surface area contributed by atoms with Crippen molar-refractivity contribution in [3.05, 3.63) is 61.2 Å². The summed E-state index contributed by atoms with van der Waals surface area (Å²) in [7, 11) is 0. The molecule has 8 atom stereocenters. The smallest absolute Gasteiger partial charge is 0.313 e. The van der Waals surface area contributed by atoms with E-state index in [2.05, 4.69) is 55.2 Å². The van der Waals surface area contributed by atoms with Gasteiger partial charge in [-0.15, -0.1) is 13.2 Å². The summed E-state index contributed by atoms with van der Waals surface area (Å²) in [6.07, 6.45) is 4.04. The minimum atomic E-state index is -1.33. The lowest BCUT2D eigenvalue weighted by Gasteiger charge is -2.46. The minimum Gasteiger partial charge on any atom is -0.455 e. The Kier molecular flexibility index (Phi) is 13.0. The molecule has 4 rings (SSSR count). The number of alkyl halides is 1. The van der Waals surface area contributed by atoms with Crippen molar-refractivity contribution in [1.29, 1.82) is 0 Å². The number of likely N-dealkylation sites (tertiary alicyclic amines) is 1. The molecule has 2 bridgehead atoms. The molecule has 0 saturated carbocycles. The molecular formula is C40H58BrN3O7. The van der Waals surface area contributed by atoms with Crippen molar-refractivity contribution in [2.45, 2.75) is 121 Å². The van der Waals surface area contributed by atoms with Crippen LogP contribution in [-0.2, 0) is 28.7 Å². The van der Waals surface area contributed by atoms with Crippen LogP contribution in [0, 0.1) is 23.2 Å². The number of nitrogens with one attached hydrogen (secondary N) is 1. The Hall–Kier alpha value is -3.02. The second-order valence-electron chi connectivity index (χ2n) is 16.6. The van der Waals surface area contributed by atoms with Crippen LogP contribution < -0.4 is 5.32 Å². The minimum absolute atomic E-state index is 0.0407. The van der Waals surface area contributed by atoms with Crippen LogP contribution in [-0.4, -0.2) is 92.4 Å². The van der Waals surface area contributed by atoms with Crippen LogP contribution in [0.4, 0.5) is 0 Å². The molecule has 51 heavy (non-hydrogen) atoms. The number of benzene rings is 1. The van der Waals surface area contributed by atoms with Crippen molar-refractivity contribution >= 4 is 39.6 Å². The summed E-state index contributed by atoms with van der Waals surface area (Å²) in [5.74, 6) is -3.43. The third-order valence-electron chi connectivity index (χ3n) is 10.3. The monoisotopic (exact) mass is 771 g/mol. The van der Waals surface area contributed by atoms with E-state index in [1.807, 2.05) is 58.0 Å². The molecule has 3 aliphatic rings. The third kappa shape index (κ3) is 8.62. The van der Waals surface area contributed by atoms with Crippen molar-refractivity contribution < 1.29 is 33.8 Å². The van der Waals surface area contributed by atoms with Crippen molar-refractivity contribution in [3.8, 4) is 0 Å². The first-order chi connectivity index (χ1) is 23.9. The number of carbonyl (C=O) groups is 4. The second kappa shape index (κ2) is 16.3. The highest BCUT2D eigenvalue weighted by atomic mass is 79.9. The first-order valence-electron chi connectivity index (χ1n) is 18.2. The predicted molar refractivity (Wildman–Crippen MR) is 201 cm³/mol. The predicted octanol–water partition coefficient (Wildman–Crippen LogP) is 5.74. The summed E-state index contributed by atoms with van der Waals surface area (Å²) in [5, 5.41) is 13.6. The number of aliphatic hydroxyl groups excluding tert-OH is 1. The normalized spacial score (nSPS) is 26.8. The topological polar surface area (TPSA) is 125 Å². The molecule has 3 fully saturated rings. The van der Waals surface area contributed by atoms with Gasteiger partial charge in [0, 0.05) is 23.3 Å². The Morgan fingerprint density at radius 2 is 1.82 bits per heavy atom. The zero-order chi connectivity index (χ0) is 37.9. The van der Waals surface area contributed by atoms with E-state index in [0.29, 0.717) is 31.2 Å². The first-order valence-corrected chi connectivity index (χ1v) is 19.1. The molecule has 3 aliphatic heterocycles. The van der Waals surface area contributed by atoms with Crippen LogP contribution >= 0.6 is 15.9 Å². The highest BCUT2D eigenvalue weighted by Crippen LogP contribution is 2.61. The number of aliphatic hydroxyl groups is 1. The van der Waals surface area contributed by atoms with Gasteiger partial charge in [-0.2, -0.15) is 0 Å². The van der Waals surface area contributed by atoms with Crippen LogP contribution in [0.15, 0.2) is 55.6 Å². The number of amides is 3. The van der Waals surface area contributed by atoms with Crippen LogP contribution in [0.5, 0.6) is 0 Å². The van der Waals surface area contributed by atoms with Gasteiger partial charge in [0.2, 0.25) is 17.7 Å².